The van der Waals surface area contributed by atoms with Crippen LogP contribution in [-0.4, -0.2) is 32.3 Å². The van der Waals surface area contributed by atoms with Crippen LogP contribution in [0, 0.1) is 0 Å². The third-order valence-electron chi connectivity index (χ3n) is 4.65. The van der Waals surface area contributed by atoms with Crippen LogP contribution < -0.4 is 9.47 Å². The second kappa shape index (κ2) is 10.4. The van der Waals surface area contributed by atoms with Gasteiger partial charge in [-0.25, -0.2) is 8.42 Å². The lowest BCUT2D eigenvalue weighted by Gasteiger charge is -2.19. The predicted molar refractivity (Wildman–Crippen MR) is 117 cm³/mol. The van der Waals surface area contributed by atoms with Gasteiger partial charge in [-0.05, 0) is 29.8 Å². The number of rotatable bonds is 10. The summed E-state index contributed by atoms with van der Waals surface area (Å²) in [4.78, 5) is 2.16. The highest BCUT2D eigenvalue weighted by Gasteiger charge is 2.19. The van der Waals surface area contributed by atoms with Gasteiger partial charge < -0.3 is 9.45 Å². The Labute approximate surface area is 181 Å². The Morgan fingerprint density at radius 2 is 1.87 bits per heavy atom. The second-order valence-electron chi connectivity index (χ2n) is 6.96. The first-order valence-electron chi connectivity index (χ1n) is 9.50. The zero-order valence-electron chi connectivity index (χ0n) is 16.7. The molecule has 0 fully saturated rings. The van der Waals surface area contributed by atoms with E-state index in [1.165, 1.54) is 16.9 Å². The first-order valence-corrected chi connectivity index (χ1v) is 12.0. The monoisotopic (exact) mass is 444 g/mol. The van der Waals surface area contributed by atoms with Crippen LogP contribution in [0.5, 0.6) is 0 Å². The lowest BCUT2D eigenvalue weighted by Crippen LogP contribution is -2.39. The molecule has 0 aliphatic rings. The standard InChI is InChI=1S/C21H24N4O3S2/c1-24(16-18-5-3-2-4-6-18)20-9-7-19(8-10-20)23-22-15-21(11-14-30(26,27)28)25-12-13-29-17-25/h2-10,12-13,17,21H,11,14-16H2,1H3. The molecular formula is C21H24N4O3S2. The summed E-state index contributed by atoms with van der Waals surface area (Å²) in [5.41, 5.74) is 4.90. The van der Waals surface area contributed by atoms with Gasteiger partial charge >= 0.3 is 0 Å². The van der Waals surface area contributed by atoms with Crippen LogP contribution in [-0.2, 0) is 16.7 Å². The summed E-state index contributed by atoms with van der Waals surface area (Å²) in [6.45, 7) is 1.11. The van der Waals surface area contributed by atoms with Gasteiger partial charge in [-0.3, -0.25) is 0 Å². The highest BCUT2D eigenvalue weighted by atomic mass is 32.2. The molecule has 0 aliphatic carbocycles. The molecule has 3 rings (SSSR count). The SMILES string of the molecule is CN(Cc1ccccc1)c1ccc(N=NCC(CCS(=O)(=O)[O-])[n+]2ccsc2)cc1. The number of thiazole rings is 1. The van der Waals surface area contributed by atoms with Crippen molar-refractivity contribution in [2.24, 2.45) is 10.2 Å². The van der Waals surface area contributed by atoms with E-state index in [1.54, 1.807) is 0 Å². The molecule has 1 aromatic heterocycles. The number of nitrogens with zero attached hydrogens (tertiary/aromatic N) is 4. The minimum absolute atomic E-state index is 0.204. The molecule has 158 valence electrons. The molecule has 0 saturated heterocycles. The maximum absolute atomic E-state index is 11.0. The summed E-state index contributed by atoms with van der Waals surface area (Å²) < 4.78 is 34.8. The molecular weight excluding hydrogens is 420 g/mol. The van der Waals surface area contributed by atoms with Crippen LogP contribution in [0.1, 0.15) is 18.0 Å². The van der Waals surface area contributed by atoms with Crippen LogP contribution in [0.2, 0.25) is 0 Å². The van der Waals surface area contributed by atoms with Crippen molar-refractivity contribution in [2.75, 3.05) is 24.2 Å². The smallest absolute Gasteiger partial charge is 0.224 e. The number of aromatic nitrogens is 1. The number of hydrogen-bond acceptors (Lipinski definition) is 7. The van der Waals surface area contributed by atoms with E-state index in [4.69, 9.17) is 0 Å². The first kappa shape index (κ1) is 22.1. The van der Waals surface area contributed by atoms with Crippen LogP contribution in [0.25, 0.3) is 0 Å². The third-order valence-corrected chi connectivity index (χ3v) is 6.03. The van der Waals surface area contributed by atoms with E-state index in [0.717, 1.165) is 17.9 Å². The normalized spacial score (nSPS) is 12.9. The van der Waals surface area contributed by atoms with Gasteiger partial charge in [0.15, 0.2) is 12.2 Å². The fraction of sp³-hybridized carbons (Fsp3) is 0.286. The maximum Gasteiger partial charge on any atom is 0.224 e. The Hall–Kier alpha value is -2.62. The van der Waals surface area contributed by atoms with Crippen LogP contribution >= 0.6 is 11.3 Å². The molecule has 1 atom stereocenters. The number of anilines is 1. The molecule has 0 amide bonds. The van der Waals surface area contributed by atoms with Crippen molar-refractivity contribution in [3.8, 4) is 0 Å². The lowest BCUT2D eigenvalue weighted by atomic mass is 10.2. The van der Waals surface area contributed by atoms with Crippen molar-refractivity contribution in [1.82, 2.24) is 0 Å². The first-order chi connectivity index (χ1) is 14.4. The zero-order valence-corrected chi connectivity index (χ0v) is 18.3. The van der Waals surface area contributed by atoms with E-state index in [9.17, 15) is 13.0 Å². The maximum atomic E-state index is 11.0. The topological polar surface area (TPSA) is 89.0 Å². The molecule has 1 unspecified atom stereocenters. The van der Waals surface area contributed by atoms with Gasteiger partial charge in [0.25, 0.3) is 0 Å². The number of azo groups is 1. The summed E-state index contributed by atoms with van der Waals surface area (Å²) >= 11 is 1.49. The van der Waals surface area contributed by atoms with Crippen molar-refractivity contribution < 1.29 is 17.5 Å². The lowest BCUT2D eigenvalue weighted by molar-refractivity contribution is -0.716. The molecule has 0 radical (unpaired) electrons. The molecule has 3 aromatic rings. The second-order valence-corrected chi connectivity index (χ2v) is 9.24. The molecule has 7 nitrogen and oxygen atoms in total. The third kappa shape index (κ3) is 7.01. The van der Waals surface area contributed by atoms with Gasteiger partial charge in [-0.2, -0.15) is 14.8 Å². The van der Waals surface area contributed by atoms with Gasteiger partial charge in [0.05, 0.1) is 21.2 Å². The number of benzene rings is 2. The van der Waals surface area contributed by atoms with E-state index in [0.29, 0.717) is 6.54 Å². The Balaban J connectivity index is 1.59. The van der Waals surface area contributed by atoms with E-state index < -0.39 is 15.9 Å². The summed E-state index contributed by atoms with van der Waals surface area (Å²) in [5.74, 6) is -0.418. The molecule has 0 aliphatic heterocycles. The van der Waals surface area contributed by atoms with E-state index in [1.807, 2.05) is 71.2 Å². The molecule has 0 saturated carbocycles. The van der Waals surface area contributed by atoms with Gasteiger partial charge in [0.1, 0.15) is 6.54 Å². The van der Waals surface area contributed by atoms with Crippen molar-refractivity contribution in [3.63, 3.8) is 0 Å². The summed E-state index contributed by atoms with van der Waals surface area (Å²) in [7, 11) is -2.22. The minimum atomic E-state index is -4.26. The van der Waals surface area contributed by atoms with Gasteiger partial charge in [-0.1, -0.05) is 41.7 Å². The number of hydrogen-bond donors (Lipinski definition) is 0. The summed E-state index contributed by atoms with van der Waals surface area (Å²) in [5, 5.41) is 10.4. The predicted octanol–water partition coefficient (Wildman–Crippen LogP) is 3.93. The van der Waals surface area contributed by atoms with Crippen LogP contribution in [0.15, 0.2) is 81.9 Å². The molecule has 2 aromatic carbocycles. The highest BCUT2D eigenvalue weighted by molar-refractivity contribution is 7.85. The highest BCUT2D eigenvalue weighted by Crippen LogP contribution is 2.21. The quantitative estimate of drug-likeness (QED) is 0.269. The van der Waals surface area contributed by atoms with E-state index in [-0.39, 0.29) is 12.5 Å². The Kier molecular flexibility index (Phi) is 7.67. The molecule has 1 heterocycles. The summed E-state index contributed by atoms with van der Waals surface area (Å²) in [6.07, 6.45) is 2.05. The average Bonchev–Trinajstić information content (AvgIpc) is 3.25. The Morgan fingerprint density at radius 3 is 2.50 bits per heavy atom. The fourth-order valence-electron chi connectivity index (χ4n) is 3.01. The molecule has 0 spiro atoms. The fourth-order valence-corrected chi connectivity index (χ4v) is 4.23. The zero-order chi connectivity index (χ0) is 21.4. The van der Waals surface area contributed by atoms with E-state index in [2.05, 4.69) is 27.3 Å². The van der Waals surface area contributed by atoms with Gasteiger partial charge in [0, 0.05) is 31.5 Å². The van der Waals surface area contributed by atoms with Crippen molar-refractivity contribution >= 4 is 32.8 Å². The van der Waals surface area contributed by atoms with Crippen molar-refractivity contribution in [2.45, 2.75) is 19.0 Å². The van der Waals surface area contributed by atoms with Crippen molar-refractivity contribution in [1.29, 1.82) is 0 Å². The van der Waals surface area contributed by atoms with Crippen LogP contribution in [0.4, 0.5) is 11.4 Å². The van der Waals surface area contributed by atoms with Crippen molar-refractivity contribution in [3.05, 3.63) is 77.2 Å². The van der Waals surface area contributed by atoms with E-state index >= 15 is 0 Å². The largest absolute Gasteiger partial charge is 0.748 e. The minimum Gasteiger partial charge on any atom is -0.748 e. The Bertz CT molecular complexity index is 1040. The molecule has 30 heavy (non-hydrogen) atoms. The van der Waals surface area contributed by atoms with Gasteiger partial charge in [-0.15, -0.1) is 0 Å². The average molecular weight is 445 g/mol. The molecule has 0 N–H and O–H groups in total. The molecule has 0 bridgehead atoms. The Morgan fingerprint density at radius 1 is 1.13 bits per heavy atom. The van der Waals surface area contributed by atoms with Gasteiger partial charge in [0.2, 0.25) is 5.51 Å². The van der Waals surface area contributed by atoms with Crippen LogP contribution in [0.3, 0.4) is 0 Å². The molecule has 9 heteroatoms. The summed E-state index contributed by atoms with van der Waals surface area (Å²) in [6, 6.07) is 17.8.